The Hall–Kier alpha value is -3.54. The molecule has 200 valence electrons. The van der Waals surface area contributed by atoms with Crippen molar-refractivity contribution in [3.05, 3.63) is 59.9 Å². The molecule has 0 aromatic carbocycles. The molecule has 2 aliphatic rings. The summed E-state index contributed by atoms with van der Waals surface area (Å²) in [6.45, 7) is 1.88. The molecule has 0 N–H and O–H groups in total. The molecule has 1 atom stereocenters. The number of hydrogen-bond acceptors (Lipinski definition) is 6. The summed E-state index contributed by atoms with van der Waals surface area (Å²) in [4.78, 5) is 21.1. The number of anilines is 1. The van der Waals surface area contributed by atoms with Gasteiger partial charge in [-0.05, 0) is 62.3 Å². The minimum absolute atomic E-state index is 0.0211. The van der Waals surface area contributed by atoms with Crippen LogP contribution in [-0.4, -0.2) is 58.5 Å². The molecule has 1 fully saturated rings. The van der Waals surface area contributed by atoms with Gasteiger partial charge in [-0.25, -0.2) is 9.97 Å². The number of hydrogen-bond donors (Lipinski definition) is 0. The number of nitrogens with zero attached hydrogens (tertiary/aromatic N) is 6. The summed E-state index contributed by atoms with van der Waals surface area (Å²) in [6.07, 6.45) is -3.18. The molecule has 0 spiro atoms. The van der Waals surface area contributed by atoms with Crippen LogP contribution in [0.5, 0.6) is 0 Å². The second-order valence-electron chi connectivity index (χ2n) is 9.35. The SMILES string of the molecule is CN(C1=NCC(C(F)(F)F)C=C1)c1cc(CN2CCCC2)nc2nc(-c3ncccc3C(F)(F)F)ccc12. The van der Waals surface area contributed by atoms with Gasteiger partial charge in [-0.2, -0.15) is 26.3 Å². The number of likely N-dealkylation sites (N-methyl/N-ethyl adjacent to an activating group) is 1. The van der Waals surface area contributed by atoms with E-state index in [1.54, 1.807) is 18.0 Å². The lowest BCUT2D eigenvalue weighted by atomic mass is 10.1. The van der Waals surface area contributed by atoms with Gasteiger partial charge in [-0.3, -0.25) is 14.9 Å². The minimum atomic E-state index is -4.61. The first-order chi connectivity index (χ1) is 18.0. The van der Waals surface area contributed by atoms with Crippen LogP contribution in [0.25, 0.3) is 22.4 Å². The van der Waals surface area contributed by atoms with Gasteiger partial charge in [0.05, 0.1) is 35.1 Å². The first kappa shape index (κ1) is 26.1. The summed E-state index contributed by atoms with van der Waals surface area (Å²) in [7, 11) is 1.68. The number of halogens is 6. The summed E-state index contributed by atoms with van der Waals surface area (Å²) < 4.78 is 80.2. The molecule has 1 unspecified atom stereocenters. The van der Waals surface area contributed by atoms with Crippen LogP contribution >= 0.6 is 0 Å². The zero-order chi connectivity index (χ0) is 27.1. The molecule has 1 saturated heterocycles. The molecule has 6 nitrogen and oxygen atoms in total. The third-order valence-electron chi connectivity index (χ3n) is 6.70. The zero-order valence-corrected chi connectivity index (χ0v) is 20.4. The molecule has 0 radical (unpaired) electrons. The van der Waals surface area contributed by atoms with E-state index in [1.807, 2.05) is 6.07 Å². The van der Waals surface area contributed by atoms with Gasteiger partial charge in [-0.1, -0.05) is 6.08 Å². The number of aliphatic imine (C=N–C) groups is 1. The minimum Gasteiger partial charge on any atom is -0.329 e. The molecule has 12 heteroatoms. The summed E-state index contributed by atoms with van der Waals surface area (Å²) in [5.74, 6) is -1.32. The van der Waals surface area contributed by atoms with Gasteiger partial charge in [0, 0.05) is 25.2 Å². The first-order valence-electron chi connectivity index (χ1n) is 12.1. The second kappa shape index (κ2) is 9.97. The number of rotatable bonds is 4. The molecule has 0 bridgehead atoms. The van der Waals surface area contributed by atoms with E-state index < -0.39 is 30.4 Å². The zero-order valence-electron chi connectivity index (χ0n) is 20.4. The fourth-order valence-electron chi connectivity index (χ4n) is 4.70. The topological polar surface area (TPSA) is 57.5 Å². The molecule has 0 amide bonds. The van der Waals surface area contributed by atoms with Crippen molar-refractivity contribution in [2.45, 2.75) is 31.7 Å². The number of pyridine rings is 3. The van der Waals surface area contributed by atoms with E-state index >= 15 is 0 Å². The molecule has 3 aromatic heterocycles. The van der Waals surface area contributed by atoms with Gasteiger partial charge in [0.2, 0.25) is 0 Å². The number of fused-ring (bicyclic) bond motifs is 1. The van der Waals surface area contributed by atoms with E-state index in [1.165, 1.54) is 24.4 Å². The lowest BCUT2D eigenvalue weighted by Crippen LogP contribution is -2.32. The van der Waals surface area contributed by atoms with E-state index in [2.05, 4.69) is 24.8 Å². The highest BCUT2D eigenvalue weighted by Crippen LogP contribution is 2.37. The third-order valence-corrected chi connectivity index (χ3v) is 6.70. The van der Waals surface area contributed by atoms with Crippen molar-refractivity contribution in [1.82, 2.24) is 19.9 Å². The second-order valence-corrected chi connectivity index (χ2v) is 9.35. The Balaban J connectivity index is 1.58. The average molecular weight is 535 g/mol. The number of alkyl halides is 6. The number of aromatic nitrogens is 3. The van der Waals surface area contributed by atoms with E-state index in [0.29, 0.717) is 29.1 Å². The third kappa shape index (κ3) is 5.35. The van der Waals surface area contributed by atoms with Crippen LogP contribution in [-0.2, 0) is 12.7 Å². The van der Waals surface area contributed by atoms with Crippen molar-refractivity contribution in [3.63, 3.8) is 0 Å². The Morgan fingerprint density at radius 1 is 1.03 bits per heavy atom. The van der Waals surface area contributed by atoms with Crippen molar-refractivity contribution in [2.75, 3.05) is 31.6 Å². The van der Waals surface area contributed by atoms with Crippen LogP contribution in [0.2, 0.25) is 0 Å². The highest BCUT2D eigenvalue weighted by atomic mass is 19.4. The van der Waals surface area contributed by atoms with Crippen molar-refractivity contribution in [1.29, 1.82) is 0 Å². The molecule has 0 saturated carbocycles. The Kier molecular flexibility index (Phi) is 6.84. The molecule has 38 heavy (non-hydrogen) atoms. The Morgan fingerprint density at radius 3 is 2.45 bits per heavy atom. The smallest absolute Gasteiger partial charge is 0.329 e. The fraction of sp³-hybridized carbons (Fsp3) is 0.385. The molecule has 5 heterocycles. The first-order valence-corrected chi connectivity index (χ1v) is 12.1. The maximum atomic E-state index is 13.6. The summed E-state index contributed by atoms with van der Waals surface area (Å²) in [5, 5.41) is 0.528. The van der Waals surface area contributed by atoms with Crippen LogP contribution in [0.15, 0.2) is 53.7 Å². The summed E-state index contributed by atoms with van der Waals surface area (Å²) >= 11 is 0. The van der Waals surface area contributed by atoms with Crippen LogP contribution < -0.4 is 4.90 Å². The van der Waals surface area contributed by atoms with E-state index in [0.717, 1.165) is 38.1 Å². The fourth-order valence-corrected chi connectivity index (χ4v) is 4.70. The molecule has 2 aliphatic heterocycles. The summed E-state index contributed by atoms with van der Waals surface area (Å²) in [5.41, 5.74) is 0.270. The quantitative estimate of drug-likeness (QED) is 0.391. The molecule has 0 aliphatic carbocycles. The highest BCUT2D eigenvalue weighted by Gasteiger charge is 2.39. The lowest BCUT2D eigenvalue weighted by Gasteiger charge is -2.26. The summed E-state index contributed by atoms with van der Waals surface area (Å²) in [6, 6.07) is 7.05. The van der Waals surface area contributed by atoms with E-state index in [4.69, 9.17) is 0 Å². The molecule has 3 aromatic rings. The van der Waals surface area contributed by atoms with Gasteiger partial charge in [0.15, 0.2) is 5.65 Å². The van der Waals surface area contributed by atoms with Crippen molar-refractivity contribution in [3.8, 4) is 11.4 Å². The Bertz CT molecular complexity index is 1390. The maximum Gasteiger partial charge on any atom is 0.418 e. The molecular formula is C26H24F6N6. The van der Waals surface area contributed by atoms with E-state index in [9.17, 15) is 26.3 Å². The number of likely N-dealkylation sites (tertiary alicyclic amines) is 1. The largest absolute Gasteiger partial charge is 0.418 e. The Labute approximate surface area is 214 Å². The van der Waals surface area contributed by atoms with Crippen LogP contribution in [0.4, 0.5) is 32.0 Å². The van der Waals surface area contributed by atoms with Gasteiger partial charge < -0.3 is 4.90 Å². The van der Waals surface area contributed by atoms with Gasteiger partial charge in [-0.15, -0.1) is 0 Å². The number of amidine groups is 1. The van der Waals surface area contributed by atoms with Crippen LogP contribution in [0.1, 0.15) is 24.1 Å². The predicted octanol–water partition coefficient (Wildman–Crippen LogP) is 5.89. The predicted molar refractivity (Wildman–Crippen MR) is 132 cm³/mol. The van der Waals surface area contributed by atoms with Crippen LogP contribution in [0, 0.1) is 5.92 Å². The maximum absolute atomic E-state index is 13.6. The Morgan fingerprint density at radius 2 is 1.79 bits per heavy atom. The average Bonchev–Trinajstić information content (AvgIpc) is 3.39. The van der Waals surface area contributed by atoms with Crippen molar-refractivity contribution < 1.29 is 26.3 Å². The van der Waals surface area contributed by atoms with E-state index in [-0.39, 0.29) is 17.0 Å². The van der Waals surface area contributed by atoms with Crippen molar-refractivity contribution >= 4 is 22.6 Å². The standard InChI is InChI=1S/C26H24F6N6/c1-37(22-9-6-16(14-34-22)25(27,28)29)21-13-17(15-38-11-2-3-12-38)35-24-18(21)7-8-20(36-24)23-19(26(30,31)32)5-4-10-33-23/h4-10,13,16H,2-3,11-12,14-15H2,1H3. The number of dihydropyridines is 1. The normalized spacial score (nSPS) is 18.7. The van der Waals surface area contributed by atoms with Gasteiger partial charge >= 0.3 is 12.4 Å². The van der Waals surface area contributed by atoms with Crippen LogP contribution in [0.3, 0.4) is 0 Å². The monoisotopic (exact) mass is 534 g/mol. The van der Waals surface area contributed by atoms with Gasteiger partial charge in [0.25, 0.3) is 0 Å². The van der Waals surface area contributed by atoms with Gasteiger partial charge in [0.1, 0.15) is 11.5 Å². The highest BCUT2D eigenvalue weighted by molar-refractivity contribution is 6.10. The van der Waals surface area contributed by atoms with Crippen molar-refractivity contribution in [2.24, 2.45) is 10.9 Å². The molecule has 5 rings (SSSR count). The molecular weight excluding hydrogens is 510 g/mol. The lowest BCUT2D eigenvalue weighted by molar-refractivity contribution is -0.158.